The number of rotatable bonds is 11. The van der Waals surface area contributed by atoms with Crippen LogP contribution in [0.15, 0.2) is 34.7 Å². The van der Waals surface area contributed by atoms with Gasteiger partial charge in [0.1, 0.15) is 0 Å². The Morgan fingerprint density at radius 3 is 2.42 bits per heavy atom. The zero-order valence-corrected chi connectivity index (χ0v) is 21.0. The first kappa shape index (κ1) is 27.3. The number of ketones is 1. The highest BCUT2D eigenvalue weighted by molar-refractivity contribution is 7.90. The molecule has 196 valence electrons. The lowest BCUT2D eigenvalue weighted by molar-refractivity contribution is -0.129. The number of carbonyl (C=O) groups excluding carboxylic acids is 3. The number of nitrogens with one attached hydrogen (secondary N) is 1. The fourth-order valence-corrected chi connectivity index (χ4v) is 4.98. The van der Waals surface area contributed by atoms with Gasteiger partial charge in [0.2, 0.25) is 11.7 Å². The topological polar surface area (TPSA) is 158 Å². The molecule has 0 aliphatic carbocycles. The summed E-state index contributed by atoms with van der Waals surface area (Å²) < 4.78 is 41.7. The van der Waals surface area contributed by atoms with Gasteiger partial charge in [-0.15, -0.1) is 10.2 Å². The second-order valence-corrected chi connectivity index (χ2v) is 10.3. The summed E-state index contributed by atoms with van der Waals surface area (Å²) in [6.45, 7) is 4.53. The Bertz CT molecular complexity index is 1150. The molecule has 2 heterocycles. The van der Waals surface area contributed by atoms with Gasteiger partial charge >= 0.3 is 6.09 Å². The SMILES string of the molecule is CCc1nnc(C(=O)[C@@H](CC)NC(=O)[C@@H](CS(=O)(=O)Cc2ccccc2)OC(=O)N2CCOCC2)o1. The van der Waals surface area contributed by atoms with Crippen molar-refractivity contribution in [3.63, 3.8) is 0 Å². The van der Waals surface area contributed by atoms with E-state index in [1.54, 1.807) is 44.2 Å². The lowest BCUT2D eigenvalue weighted by atomic mass is 10.1. The van der Waals surface area contributed by atoms with Crippen LogP contribution >= 0.6 is 0 Å². The molecule has 1 aromatic carbocycles. The van der Waals surface area contributed by atoms with Crippen LogP contribution in [-0.2, 0) is 36.3 Å². The van der Waals surface area contributed by atoms with Gasteiger partial charge in [0.25, 0.3) is 11.8 Å². The van der Waals surface area contributed by atoms with Gasteiger partial charge in [-0.05, 0) is 12.0 Å². The van der Waals surface area contributed by atoms with Gasteiger partial charge in [0, 0.05) is 19.5 Å². The highest BCUT2D eigenvalue weighted by atomic mass is 32.2. The molecule has 1 aliphatic rings. The molecule has 1 N–H and O–H groups in total. The van der Waals surface area contributed by atoms with E-state index in [0.29, 0.717) is 25.2 Å². The number of carbonyl (C=O) groups is 3. The Balaban J connectivity index is 1.76. The maximum absolute atomic E-state index is 13.1. The van der Waals surface area contributed by atoms with Crippen molar-refractivity contribution >= 4 is 27.6 Å². The molecule has 1 aromatic heterocycles. The number of aromatic nitrogens is 2. The minimum Gasteiger partial charge on any atom is -0.435 e. The third-order valence-electron chi connectivity index (χ3n) is 5.46. The quantitative estimate of drug-likeness (QED) is 0.425. The molecule has 36 heavy (non-hydrogen) atoms. The lowest BCUT2D eigenvalue weighted by Gasteiger charge is -2.28. The summed E-state index contributed by atoms with van der Waals surface area (Å²) in [5.41, 5.74) is 0.529. The molecule has 13 heteroatoms. The van der Waals surface area contributed by atoms with Gasteiger partial charge in [0.15, 0.2) is 15.9 Å². The van der Waals surface area contributed by atoms with Crippen LogP contribution in [0.5, 0.6) is 0 Å². The van der Waals surface area contributed by atoms with Crippen molar-refractivity contribution in [3.8, 4) is 0 Å². The lowest BCUT2D eigenvalue weighted by Crippen LogP contribution is -2.51. The van der Waals surface area contributed by atoms with Crippen LogP contribution in [0.1, 0.15) is 42.4 Å². The van der Waals surface area contributed by atoms with E-state index < -0.39 is 45.5 Å². The van der Waals surface area contributed by atoms with E-state index in [-0.39, 0.29) is 37.0 Å². The minimum absolute atomic E-state index is 0.162. The Morgan fingerprint density at radius 1 is 1.11 bits per heavy atom. The molecule has 2 atom stereocenters. The standard InChI is InChI=1S/C23H30N4O8S/c1-3-17(20(28)22-26-25-19(4-2)35-22)24-21(29)18(34-23(30)27-10-12-33-13-11-27)15-36(31,32)14-16-8-6-5-7-9-16/h5-9,17-18H,3-4,10-15H2,1-2H3,(H,24,29)/t17-,18-/m1/s1. The van der Waals surface area contributed by atoms with E-state index in [1.165, 1.54) is 4.90 Å². The molecule has 1 saturated heterocycles. The zero-order valence-electron chi connectivity index (χ0n) is 20.2. The first-order valence-electron chi connectivity index (χ1n) is 11.7. The maximum atomic E-state index is 13.1. The van der Waals surface area contributed by atoms with Gasteiger partial charge in [-0.2, -0.15) is 0 Å². The molecule has 0 bridgehead atoms. The summed E-state index contributed by atoms with van der Waals surface area (Å²) in [7, 11) is -3.88. The molecular weight excluding hydrogens is 492 g/mol. The molecule has 2 aromatic rings. The summed E-state index contributed by atoms with van der Waals surface area (Å²) in [5, 5.41) is 9.94. The molecular formula is C23H30N4O8S. The third-order valence-corrected chi connectivity index (χ3v) is 7.04. The van der Waals surface area contributed by atoms with Crippen molar-refractivity contribution in [1.29, 1.82) is 0 Å². The van der Waals surface area contributed by atoms with Crippen LogP contribution in [0.4, 0.5) is 4.79 Å². The average molecular weight is 523 g/mol. The van der Waals surface area contributed by atoms with Gasteiger partial charge < -0.3 is 24.1 Å². The first-order valence-corrected chi connectivity index (χ1v) is 13.5. The van der Waals surface area contributed by atoms with E-state index in [1.807, 2.05) is 0 Å². The summed E-state index contributed by atoms with van der Waals surface area (Å²) in [6.07, 6.45) is -1.92. The molecule has 3 rings (SSSR count). The third kappa shape index (κ3) is 7.59. The molecule has 2 amide bonds. The predicted octanol–water partition coefficient (Wildman–Crippen LogP) is 1.16. The molecule has 1 fully saturated rings. The van der Waals surface area contributed by atoms with Crippen molar-refractivity contribution < 1.29 is 36.7 Å². The van der Waals surface area contributed by atoms with E-state index in [4.69, 9.17) is 13.9 Å². The number of hydrogen-bond donors (Lipinski definition) is 1. The van der Waals surface area contributed by atoms with Crippen molar-refractivity contribution in [1.82, 2.24) is 20.4 Å². The number of ether oxygens (including phenoxy) is 2. The fraction of sp³-hybridized carbons (Fsp3) is 0.522. The Labute approximate surface area is 209 Å². The number of amides is 2. The highest BCUT2D eigenvalue weighted by Gasteiger charge is 2.34. The number of benzene rings is 1. The van der Waals surface area contributed by atoms with Crippen molar-refractivity contribution in [3.05, 3.63) is 47.7 Å². The Hall–Kier alpha value is -3.32. The monoisotopic (exact) mass is 522 g/mol. The van der Waals surface area contributed by atoms with E-state index in [2.05, 4.69) is 15.5 Å². The summed E-state index contributed by atoms with van der Waals surface area (Å²) >= 11 is 0. The van der Waals surface area contributed by atoms with Crippen molar-refractivity contribution in [2.75, 3.05) is 32.1 Å². The van der Waals surface area contributed by atoms with Gasteiger partial charge in [-0.25, -0.2) is 13.2 Å². The van der Waals surface area contributed by atoms with Crippen LogP contribution in [0, 0.1) is 0 Å². The van der Waals surface area contributed by atoms with Crippen LogP contribution in [0.2, 0.25) is 0 Å². The molecule has 0 unspecified atom stereocenters. The van der Waals surface area contributed by atoms with Crippen molar-refractivity contribution in [2.24, 2.45) is 0 Å². The molecule has 12 nitrogen and oxygen atoms in total. The second kappa shape index (κ2) is 12.6. The van der Waals surface area contributed by atoms with Crippen LogP contribution in [-0.4, -0.2) is 85.5 Å². The molecule has 1 aliphatic heterocycles. The number of aryl methyl sites for hydroxylation is 1. The highest BCUT2D eigenvalue weighted by Crippen LogP contribution is 2.13. The Morgan fingerprint density at radius 2 is 1.81 bits per heavy atom. The predicted molar refractivity (Wildman–Crippen MR) is 127 cm³/mol. The number of morpholine rings is 1. The van der Waals surface area contributed by atoms with Crippen molar-refractivity contribution in [2.45, 2.75) is 44.6 Å². The number of hydrogen-bond acceptors (Lipinski definition) is 10. The van der Waals surface area contributed by atoms with Crippen LogP contribution in [0.3, 0.4) is 0 Å². The first-order chi connectivity index (χ1) is 17.2. The number of nitrogens with zero attached hydrogens (tertiary/aromatic N) is 3. The van der Waals surface area contributed by atoms with Crippen LogP contribution < -0.4 is 5.32 Å². The Kier molecular flexibility index (Phi) is 9.53. The van der Waals surface area contributed by atoms with E-state index >= 15 is 0 Å². The molecule has 0 radical (unpaired) electrons. The minimum atomic E-state index is -3.88. The zero-order chi connectivity index (χ0) is 26.1. The van der Waals surface area contributed by atoms with E-state index in [0.717, 1.165) is 0 Å². The largest absolute Gasteiger partial charge is 0.435 e. The number of sulfone groups is 1. The van der Waals surface area contributed by atoms with Gasteiger partial charge in [-0.3, -0.25) is 9.59 Å². The fourth-order valence-electron chi connectivity index (χ4n) is 3.49. The summed E-state index contributed by atoms with van der Waals surface area (Å²) in [6, 6.07) is 7.37. The van der Waals surface area contributed by atoms with Gasteiger partial charge in [-0.1, -0.05) is 44.2 Å². The smallest absolute Gasteiger partial charge is 0.410 e. The normalized spacial score (nSPS) is 15.7. The second-order valence-electron chi connectivity index (χ2n) is 8.20. The van der Waals surface area contributed by atoms with E-state index in [9.17, 15) is 22.8 Å². The molecule has 0 saturated carbocycles. The van der Waals surface area contributed by atoms with Crippen LogP contribution in [0.25, 0.3) is 0 Å². The number of Topliss-reactive ketones (excluding diaryl/α,β-unsaturated/α-hetero) is 1. The summed E-state index contributed by atoms with van der Waals surface area (Å²) in [5.74, 6) is -2.63. The maximum Gasteiger partial charge on any atom is 0.410 e. The summed E-state index contributed by atoms with van der Waals surface area (Å²) in [4.78, 5) is 40.0. The molecule has 0 spiro atoms. The average Bonchev–Trinajstić information content (AvgIpc) is 3.36. The van der Waals surface area contributed by atoms with Gasteiger partial charge in [0.05, 0.1) is 30.8 Å².